The molecule has 0 N–H and O–H groups in total. The molecule has 1 aromatic carbocycles. The Kier molecular flexibility index (Phi) is 5.52. The van der Waals surface area contributed by atoms with Gasteiger partial charge in [0.25, 0.3) is 0 Å². The molecule has 0 aliphatic carbocycles. The number of hydrogen-bond acceptors (Lipinski definition) is 4. The van der Waals surface area contributed by atoms with Crippen LogP contribution in [0.2, 0.25) is 0 Å². The summed E-state index contributed by atoms with van der Waals surface area (Å²) in [6.45, 7) is 1.94. The van der Waals surface area contributed by atoms with Crippen LogP contribution in [0.4, 0.5) is 0 Å². The number of hydrogen-bond donors (Lipinski definition) is 0. The summed E-state index contributed by atoms with van der Waals surface area (Å²) in [6.07, 6.45) is 0.670. The zero-order valence-electron chi connectivity index (χ0n) is 9.94. The summed E-state index contributed by atoms with van der Waals surface area (Å²) in [6, 6.07) is 4.50. The minimum Gasteiger partial charge on any atom is -0.462 e. The molecule has 0 spiro atoms. The van der Waals surface area contributed by atoms with Gasteiger partial charge in [0.2, 0.25) is 0 Å². The minimum absolute atomic E-state index is 0.0132. The van der Waals surface area contributed by atoms with E-state index in [1.807, 2.05) is 0 Å². The van der Waals surface area contributed by atoms with Crippen LogP contribution in [0.5, 0.6) is 0 Å². The van der Waals surface area contributed by atoms with Crippen molar-refractivity contribution >= 4 is 29.6 Å². The fraction of sp³-hybridized carbons (Fsp3) is 0.308. The molecule has 0 radical (unpaired) electrons. The highest BCUT2D eigenvalue weighted by atomic mass is 35.5. The Morgan fingerprint density at radius 3 is 2.67 bits per heavy atom. The van der Waals surface area contributed by atoms with Gasteiger partial charge in [0.15, 0.2) is 5.78 Å². The molecule has 0 saturated heterocycles. The van der Waals surface area contributed by atoms with E-state index in [1.165, 1.54) is 18.2 Å². The third-order valence-corrected chi connectivity index (χ3v) is 2.60. The van der Waals surface area contributed by atoms with Crippen molar-refractivity contribution in [2.45, 2.75) is 13.3 Å². The third kappa shape index (κ3) is 3.67. The lowest BCUT2D eigenvalue weighted by atomic mass is 10.00. The summed E-state index contributed by atoms with van der Waals surface area (Å²) >= 11 is 5.43. The van der Waals surface area contributed by atoms with E-state index >= 15 is 0 Å². The SMILES string of the molecule is CCOC(=O)c1ccc(C=O)cc1CC(=O)CCl. The lowest BCUT2D eigenvalue weighted by Crippen LogP contribution is -2.12. The summed E-state index contributed by atoms with van der Waals surface area (Å²) < 4.78 is 4.89. The molecule has 0 aromatic heterocycles. The molecule has 0 aliphatic heterocycles. The average Bonchev–Trinajstić information content (AvgIpc) is 2.38. The Morgan fingerprint density at radius 2 is 2.11 bits per heavy atom. The van der Waals surface area contributed by atoms with Gasteiger partial charge in [-0.3, -0.25) is 9.59 Å². The smallest absolute Gasteiger partial charge is 0.338 e. The summed E-state index contributed by atoms with van der Waals surface area (Å²) in [5.74, 6) is -0.856. The number of alkyl halides is 1. The highest BCUT2D eigenvalue weighted by molar-refractivity contribution is 6.27. The fourth-order valence-corrected chi connectivity index (χ4v) is 1.60. The number of halogens is 1. The van der Waals surface area contributed by atoms with Gasteiger partial charge < -0.3 is 4.74 Å². The van der Waals surface area contributed by atoms with Crippen molar-refractivity contribution < 1.29 is 19.1 Å². The molecule has 0 atom stereocenters. The molecular weight excluding hydrogens is 256 g/mol. The number of aldehydes is 1. The van der Waals surface area contributed by atoms with E-state index in [4.69, 9.17) is 16.3 Å². The van der Waals surface area contributed by atoms with Gasteiger partial charge in [0, 0.05) is 12.0 Å². The second kappa shape index (κ2) is 6.91. The molecule has 96 valence electrons. The molecule has 0 unspecified atom stereocenters. The van der Waals surface area contributed by atoms with Crippen LogP contribution < -0.4 is 0 Å². The van der Waals surface area contributed by atoms with Gasteiger partial charge in [-0.15, -0.1) is 11.6 Å². The van der Waals surface area contributed by atoms with Crippen LogP contribution in [0.25, 0.3) is 0 Å². The lowest BCUT2D eigenvalue weighted by molar-refractivity contribution is -0.116. The Labute approximate surface area is 110 Å². The van der Waals surface area contributed by atoms with Gasteiger partial charge in [0.1, 0.15) is 6.29 Å². The maximum atomic E-state index is 11.7. The van der Waals surface area contributed by atoms with Crippen LogP contribution in [0.1, 0.15) is 33.2 Å². The van der Waals surface area contributed by atoms with Crippen molar-refractivity contribution in [3.8, 4) is 0 Å². The van der Waals surface area contributed by atoms with Crippen molar-refractivity contribution in [1.82, 2.24) is 0 Å². The monoisotopic (exact) mass is 268 g/mol. The number of ether oxygens (including phenoxy) is 1. The zero-order chi connectivity index (χ0) is 13.5. The topological polar surface area (TPSA) is 60.4 Å². The van der Waals surface area contributed by atoms with Crippen LogP contribution in [-0.2, 0) is 16.0 Å². The average molecular weight is 269 g/mol. The van der Waals surface area contributed by atoms with E-state index in [-0.39, 0.29) is 24.7 Å². The summed E-state index contributed by atoms with van der Waals surface area (Å²) in [7, 11) is 0. The van der Waals surface area contributed by atoms with Crippen LogP contribution >= 0.6 is 11.6 Å². The standard InChI is InChI=1S/C13H13ClO4/c1-2-18-13(17)12-4-3-9(8-15)5-10(12)6-11(16)7-14/h3-5,8H,2,6-7H2,1H3. The van der Waals surface area contributed by atoms with Gasteiger partial charge in [-0.1, -0.05) is 6.07 Å². The Hall–Kier alpha value is -1.68. The molecule has 5 heteroatoms. The number of ketones is 1. The van der Waals surface area contributed by atoms with Crippen molar-refractivity contribution in [1.29, 1.82) is 0 Å². The summed E-state index contributed by atoms with van der Waals surface area (Å²) in [5.41, 5.74) is 1.16. The molecule has 1 rings (SSSR count). The van der Waals surface area contributed by atoms with Gasteiger partial charge in [-0.25, -0.2) is 4.79 Å². The molecule has 0 fully saturated rings. The van der Waals surface area contributed by atoms with Crippen LogP contribution in [0, 0.1) is 0 Å². The maximum absolute atomic E-state index is 11.7. The van der Waals surface area contributed by atoms with Crippen LogP contribution in [0.3, 0.4) is 0 Å². The third-order valence-electron chi connectivity index (χ3n) is 2.30. The number of Topliss-reactive ketones (excluding diaryl/α,β-unsaturated/α-hetero) is 1. The molecule has 0 aliphatic rings. The van der Waals surface area contributed by atoms with E-state index in [9.17, 15) is 14.4 Å². The van der Waals surface area contributed by atoms with Crippen LogP contribution in [0.15, 0.2) is 18.2 Å². The van der Waals surface area contributed by atoms with Crippen molar-refractivity contribution in [2.24, 2.45) is 0 Å². The normalized spacial score (nSPS) is 9.89. The fourth-order valence-electron chi connectivity index (χ4n) is 1.50. The highest BCUT2D eigenvalue weighted by Crippen LogP contribution is 2.14. The van der Waals surface area contributed by atoms with Crippen LogP contribution in [-0.4, -0.2) is 30.5 Å². The number of benzene rings is 1. The van der Waals surface area contributed by atoms with Crippen molar-refractivity contribution in [2.75, 3.05) is 12.5 Å². The van der Waals surface area contributed by atoms with E-state index in [1.54, 1.807) is 6.92 Å². The first-order valence-corrected chi connectivity index (χ1v) is 5.98. The minimum atomic E-state index is -0.507. The molecule has 0 bridgehead atoms. The predicted octanol–water partition coefficient (Wildman–Crippen LogP) is 2.03. The van der Waals surface area contributed by atoms with E-state index in [2.05, 4.69) is 0 Å². The Bertz CT molecular complexity index is 468. The number of rotatable bonds is 6. The molecule has 1 aromatic rings. The predicted molar refractivity (Wildman–Crippen MR) is 67.2 cm³/mol. The van der Waals surface area contributed by atoms with Gasteiger partial charge >= 0.3 is 5.97 Å². The van der Waals surface area contributed by atoms with E-state index < -0.39 is 5.97 Å². The molecular formula is C13H13ClO4. The molecule has 0 heterocycles. The van der Waals surface area contributed by atoms with Gasteiger partial charge in [0.05, 0.1) is 18.1 Å². The largest absolute Gasteiger partial charge is 0.462 e. The Balaban J connectivity index is 3.11. The Morgan fingerprint density at radius 1 is 1.39 bits per heavy atom. The molecule has 0 saturated carbocycles. The number of carbonyl (C=O) groups excluding carboxylic acids is 3. The molecule has 4 nitrogen and oxygen atoms in total. The first-order chi connectivity index (χ1) is 8.62. The first-order valence-electron chi connectivity index (χ1n) is 5.45. The quantitative estimate of drug-likeness (QED) is 0.450. The lowest BCUT2D eigenvalue weighted by Gasteiger charge is -2.08. The van der Waals surface area contributed by atoms with Crippen molar-refractivity contribution in [3.05, 3.63) is 34.9 Å². The van der Waals surface area contributed by atoms with Gasteiger partial charge in [-0.2, -0.15) is 0 Å². The number of esters is 1. The maximum Gasteiger partial charge on any atom is 0.338 e. The van der Waals surface area contributed by atoms with E-state index in [0.29, 0.717) is 23.0 Å². The highest BCUT2D eigenvalue weighted by Gasteiger charge is 2.15. The summed E-state index contributed by atoms with van der Waals surface area (Å²) in [5, 5.41) is 0. The van der Waals surface area contributed by atoms with Crippen molar-refractivity contribution in [3.63, 3.8) is 0 Å². The molecule has 0 amide bonds. The second-order valence-corrected chi connectivity index (χ2v) is 3.87. The zero-order valence-corrected chi connectivity index (χ0v) is 10.7. The van der Waals surface area contributed by atoms with Gasteiger partial charge in [-0.05, 0) is 24.6 Å². The number of carbonyl (C=O) groups is 3. The summed E-state index contributed by atoms with van der Waals surface area (Å²) in [4.78, 5) is 33.7. The first kappa shape index (κ1) is 14.4. The second-order valence-electron chi connectivity index (χ2n) is 3.60. The molecule has 18 heavy (non-hydrogen) atoms. The van der Waals surface area contributed by atoms with E-state index in [0.717, 1.165) is 0 Å².